The summed E-state index contributed by atoms with van der Waals surface area (Å²) in [6.07, 6.45) is 1.01. The number of esters is 2. The molecule has 92 valence electrons. The van der Waals surface area contributed by atoms with Gasteiger partial charge in [0.2, 0.25) is 0 Å². The molecular weight excluding hydrogens is 344 g/mol. The highest BCUT2D eigenvalue weighted by Gasteiger charge is 2.40. The quantitative estimate of drug-likeness (QED) is 0.561. The maximum Gasteiger partial charge on any atom is 0.302 e. The average Bonchev–Trinajstić information content (AvgIpc) is 2.16. The molecule has 1 saturated carbocycles. The van der Waals surface area contributed by atoms with Crippen LogP contribution in [-0.4, -0.2) is 33.8 Å². The molecular formula is C10H14Br2O4. The number of alkyl halides is 2. The molecule has 1 aliphatic carbocycles. The fourth-order valence-corrected chi connectivity index (χ4v) is 3.68. The van der Waals surface area contributed by atoms with Gasteiger partial charge in [0.25, 0.3) is 0 Å². The van der Waals surface area contributed by atoms with Crippen LogP contribution in [0.1, 0.15) is 26.7 Å². The topological polar surface area (TPSA) is 52.6 Å². The Bertz CT molecular complexity index is 282. The second-order valence-electron chi connectivity index (χ2n) is 3.76. The smallest absolute Gasteiger partial charge is 0.302 e. The van der Waals surface area contributed by atoms with E-state index in [4.69, 9.17) is 9.47 Å². The molecule has 0 aromatic carbocycles. The fraction of sp³-hybridized carbons (Fsp3) is 0.800. The largest absolute Gasteiger partial charge is 0.461 e. The van der Waals surface area contributed by atoms with Gasteiger partial charge in [0.05, 0.1) is 9.65 Å². The van der Waals surface area contributed by atoms with Gasteiger partial charge in [0.15, 0.2) is 0 Å². The van der Waals surface area contributed by atoms with Crippen LogP contribution < -0.4 is 0 Å². The van der Waals surface area contributed by atoms with Gasteiger partial charge in [-0.25, -0.2) is 0 Å². The predicted octanol–water partition coefficient (Wildman–Crippen LogP) is 2.17. The van der Waals surface area contributed by atoms with E-state index in [1.54, 1.807) is 0 Å². The maximum atomic E-state index is 11.0. The van der Waals surface area contributed by atoms with Crippen LogP contribution in [0.15, 0.2) is 0 Å². The Morgan fingerprint density at radius 1 is 1.06 bits per heavy atom. The maximum absolute atomic E-state index is 11.0. The number of hydrogen-bond donors (Lipinski definition) is 0. The van der Waals surface area contributed by atoms with Crippen molar-refractivity contribution >= 4 is 43.8 Å². The average molecular weight is 358 g/mol. The summed E-state index contributed by atoms with van der Waals surface area (Å²) < 4.78 is 10.4. The van der Waals surface area contributed by atoms with Crippen LogP contribution in [-0.2, 0) is 19.1 Å². The SMILES string of the molecule is CC(=O)O[C@H]1[C@@H](Br)[C@H](OC(C)=O)CC[C@@H]1Br. The first-order valence-corrected chi connectivity index (χ1v) is 6.87. The normalized spacial score (nSPS) is 34.2. The molecule has 0 radical (unpaired) electrons. The Hall–Kier alpha value is -0.100. The first-order valence-electron chi connectivity index (χ1n) is 5.04. The Labute approximate surface area is 111 Å². The van der Waals surface area contributed by atoms with Gasteiger partial charge in [0, 0.05) is 13.8 Å². The summed E-state index contributed by atoms with van der Waals surface area (Å²) in [5, 5.41) is 0. The first kappa shape index (κ1) is 14.0. The highest BCUT2D eigenvalue weighted by Crippen LogP contribution is 2.33. The van der Waals surface area contributed by atoms with Crippen LogP contribution in [0.25, 0.3) is 0 Å². The van der Waals surface area contributed by atoms with Crippen molar-refractivity contribution < 1.29 is 19.1 Å². The van der Waals surface area contributed by atoms with E-state index < -0.39 is 0 Å². The summed E-state index contributed by atoms with van der Waals surface area (Å²) in [5.41, 5.74) is 0. The fourth-order valence-electron chi connectivity index (χ4n) is 1.73. The lowest BCUT2D eigenvalue weighted by atomic mass is 9.94. The monoisotopic (exact) mass is 356 g/mol. The number of carbonyl (C=O) groups is 2. The highest BCUT2D eigenvalue weighted by atomic mass is 79.9. The van der Waals surface area contributed by atoms with Crippen molar-refractivity contribution in [2.75, 3.05) is 0 Å². The molecule has 0 saturated heterocycles. The lowest BCUT2D eigenvalue weighted by molar-refractivity contribution is -0.154. The van der Waals surface area contributed by atoms with Crippen LogP contribution in [0.3, 0.4) is 0 Å². The summed E-state index contributed by atoms with van der Waals surface area (Å²) in [7, 11) is 0. The molecule has 0 N–H and O–H groups in total. The number of carbonyl (C=O) groups excluding carboxylic acids is 2. The number of hydrogen-bond acceptors (Lipinski definition) is 4. The Morgan fingerprint density at radius 3 is 2.12 bits per heavy atom. The Kier molecular flexibility index (Phi) is 5.24. The van der Waals surface area contributed by atoms with Crippen molar-refractivity contribution in [1.82, 2.24) is 0 Å². The molecule has 1 aliphatic rings. The molecule has 0 aromatic rings. The van der Waals surface area contributed by atoms with Crippen molar-refractivity contribution in [3.05, 3.63) is 0 Å². The van der Waals surface area contributed by atoms with E-state index in [1.807, 2.05) is 0 Å². The number of ether oxygens (including phenoxy) is 2. The third kappa shape index (κ3) is 3.73. The highest BCUT2D eigenvalue weighted by molar-refractivity contribution is 9.10. The standard InChI is InChI=1S/C10H14Br2O4/c1-5(13)15-8-4-3-7(11)10(9(8)12)16-6(2)14/h7-10H,3-4H2,1-2H3/t7-,8+,9-,10+/m0/s1. The van der Waals surface area contributed by atoms with E-state index in [-0.39, 0.29) is 33.8 Å². The van der Waals surface area contributed by atoms with E-state index in [9.17, 15) is 9.59 Å². The van der Waals surface area contributed by atoms with Crippen LogP contribution in [0, 0.1) is 0 Å². The molecule has 1 fully saturated rings. The lowest BCUT2D eigenvalue weighted by Gasteiger charge is -2.36. The number of rotatable bonds is 2. The molecule has 0 aliphatic heterocycles. The first-order chi connectivity index (χ1) is 7.41. The molecule has 0 heterocycles. The van der Waals surface area contributed by atoms with E-state index in [2.05, 4.69) is 31.9 Å². The van der Waals surface area contributed by atoms with Gasteiger partial charge in [-0.1, -0.05) is 31.9 Å². The zero-order chi connectivity index (χ0) is 12.3. The minimum absolute atomic E-state index is 0.0904. The zero-order valence-corrected chi connectivity index (χ0v) is 12.3. The van der Waals surface area contributed by atoms with Gasteiger partial charge >= 0.3 is 11.9 Å². The van der Waals surface area contributed by atoms with Gasteiger partial charge in [-0.2, -0.15) is 0 Å². The third-order valence-corrected chi connectivity index (χ3v) is 4.46. The number of halogens is 2. The van der Waals surface area contributed by atoms with Gasteiger partial charge in [0.1, 0.15) is 12.2 Å². The van der Waals surface area contributed by atoms with Crippen molar-refractivity contribution in [1.29, 1.82) is 0 Å². The zero-order valence-electron chi connectivity index (χ0n) is 9.11. The van der Waals surface area contributed by atoms with E-state index in [1.165, 1.54) is 13.8 Å². The van der Waals surface area contributed by atoms with Crippen molar-refractivity contribution in [3.8, 4) is 0 Å². The third-order valence-electron chi connectivity index (χ3n) is 2.37. The minimum Gasteiger partial charge on any atom is -0.461 e. The Morgan fingerprint density at radius 2 is 1.62 bits per heavy atom. The molecule has 4 nitrogen and oxygen atoms in total. The molecule has 6 heteroatoms. The molecule has 1 rings (SSSR count). The van der Waals surface area contributed by atoms with Crippen LogP contribution >= 0.6 is 31.9 Å². The summed E-state index contributed by atoms with van der Waals surface area (Å²) in [6, 6.07) is 0. The molecule has 0 aromatic heterocycles. The lowest BCUT2D eigenvalue weighted by Crippen LogP contribution is -2.47. The van der Waals surface area contributed by atoms with Crippen LogP contribution in [0.5, 0.6) is 0 Å². The van der Waals surface area contributed by atoms with Crippen LogP contribution in [0.4, 0.5) is 0 Å². The van der Waals surface area contributed by atoms with Crippen molar-refractivity contribution in [2.45, 2.75) is 48.6 Å². The summed E-state index contributed by atoms with van der Waals surface area (Å²) in [4.78, 5) is 21.8. The van der Waals surface area contributed by atoms with Gasteiger partial charge in [-0.3, -0.25) is 9.59 Å². The molecule has 16 heavy (non-hydrogen) atoms. The van der Waals surface area contributed by atoms with Crippen molar-refractivity contribution in [3.63, 3.8) is 0 Å². The molecule has 0 unspecified atom stereocenters. The Balaban J connectivity index is 2.66. The van der Waals surface area contributed by atoms with Gasteiger partial charge in [-0.15, -0.1) is 0 Å². The van der Waals surface area contributed by atoms with E-state index in [0.717, 1.165) is 12.8 Å². The molecule has 0 spiro atoms. The second-order valence-corrected chi connectivity index (χ2v) is 5.99. The van der Waals surface area contributed by atoms with Gasteiger partial charge < -0.3 is 9.47 Å². The van der Waals surface area contributed by atoms with Gasteiger partial charge in [-0.05, 0) is 12.8 Å². The van der Waals surface area contributed by atoms with Crippen molar-refractivity contribution in [2.24, 2.45) is 0 Å². The second kappa shape index (κ2) is 6.00. The molecule has 0 amide bonds. The summed E-state index contributed by atoms with van der Waals surface area (Å²) in [5.74, 6) is -0.647. The summed E-state index contributed by atoms with van der Waals surface area (Å²) >= 11 is 6.90. The van der Waals surface area contributed by atoms with E-state index >= 15 is 0 Å². The van der Waals surface area contributed by atoms with E-state index in [0.29, 0.717) is 0 Å². The molecule has 4 atom stereocenters. The predicted molar refractivity (Wildman–Crippen MR) is 65.8 cm³/mol. The summed E-state index contributed by atoms with van der Waals surface area (Å²) in [6.45, 7) is 2.75. The minimum atomic E-state index is -0.331. The molecule has 0 bridgehead atoms. The van der Waals surface area contributed by atoms with Crippen LogP contribution in [0.2, 0.25) is 0 Å².